The van der Waals surface area contributed by atoms with Gasteiger partial charge >= 0.3 is 23.9 Å². The van der Waals surface area contributed by atoms with Gasteiger partial charge in [0.2, 0.25) is 0 Å². The fraction of sp³-hybridized carbons (Fsp3) is 0.133. The van der Waals surface area contributed by atoms with Crippen LogP contribution in [0.5, 0.6) is 0 Å². The molecular formula is C60H42N2O12. The van der Waals surface area contributed by atoms with Crippen LogP contribution in [0.15, 0.2) is 133 Å². The molecule has 14 heteroatoms. The van der Waals surface area contributed by atoms with Crippen LogP contribution in [0.3, 0.4) is 0 Å². The van der Waals surface area contributed by atoms with Gasteiger partial charge in [0.15, 0.2) is 0 Å². The van der Waals surface area contributed by atoms with Crippen LogP contribution in [0.25, 0.3) is 86.2 Å². The second kappa shape index (κ2) is 17.6. The van der Waals surface area contributed by atoms with Crippen LogP contribution in [0.1, 0.15) is 76.0 Å². The first-order valence-electron chi connectivity index (χ1n) is 23.5. The Morgan fingerprint density at radius 3 is 1.20 bits per heavy atom. The minimum atomic E-state index is -0.584. The lowest BCUT2D eigenvalue weighted by Gasteiger charge is -2.29. The lowest BCUT2D eigenvalue weighted by Crippen LogP contribution is -2.42. The van der Waals surface area contributed by atoms with Gasteiger partial charge in [-0.1, -0.05) is 86.0 Å². The van der Waals surface area contributed by atoms with Crippen molar-refractivity contribution in [2.24, 2.45) is 0 Å². The smallest absolute Gasteiger partial charge is 0.338 e. The molecule has 364 valence electrons. The topological polar surface area (TPSA) is 180 Å². The molecule has 2 aliphatic heterocycles. The van der Waals surface area contributed by atoms with E-state index >= 15 is 0 Å². The second-order valence-electron chi connectivity index (χ2n) is 18.3. The first-order chi connectivity index (χ1) is 35.6. The van der Waals surface area contributed by atoms with Gasteiger partial charge < -0.3 is 18.9 Å². The van der Waals surface area contributed by atoms with E-state index in [0.717, 1.165) is 85.2 Å². The Morgan fingerprint density at radius 2 is 0.770 bits per heavy atom. The molecule has 0 atom stereocenters. The Kier molecular flexibility index (Phi) is 11.2. The molecule has 0 aliphatic carbocycles. The van der Waals surface area contributed by atoms with Gasteiger partial charge in [-0.2, -0.15) is 0 Å². The van der Waals surface area contributed by atoms with E-state index in [1.165, 1.54) is 21.1 Å². The van der Waals surface area contributed by atoms with E-state index in [4.69, 9.17) is 18.9 Å². The number of fused-ring (bicyclic) bond motifs is 4. The second-order valence-corrected chi connectivity index (χ2v) is 18.3. The van der Waals surface area contributed by atoms with Crippen molar-refractivity contribution < 1.29 is 57.3 Å². The zero-order valence-electron chi connectivity index (χ0n) is 40.4. The van der Waals surface area contributed by atoms with Gasteiger partial charge in [-0.15, -0.1) is 0 Å². The molecular weight excluding hydrogens is 941 g/mol. The van der Waals surface area contributed by atoms with Crippen LogP contribution in [0.2, 0.25) is 0 Å². The molecule has 0 bridgehead atoms. The first kappa shape index (κ1) is 46.8. The highest BCUT2D eigenvalue weighted by Gasteiger charge is 2.36. The van der Waals surface area contributed by atoms with Crippen molar-refractivity contribution in [2.75, 3.05) is 40.5 Å². The third-order valence-electron chi connectivity index (χ3n) is 14.0. The Hall–Kier alpha value is -9.56. The normalized spacial score (nSPS) is 13.2. The number of hydrogen-bond acceptors (Lipinski definition) is 12. The Labute approximate surface area is 420 Å². The quantitative estimate of drug-likeness (QED) is 0.0241. The average molecular weight is 983 g/mol. The van der Waals surface area contributed by atoms with Crippen LogP contribution in [0.4, 0.5) is 0 Å². The number of imide groups is 2. The summed E-state index contributed by atoms with van der Waals surface area (Å²) >= 11 is 0. The standard InChI is InChI=1S/C31H20N2O6.C29H22O6/c1-14(2)31(38)39-13-12-33-29(36)21-10-6-17-15-4-8-19-25-20(28(35)32(3)27(19)34)9-5-16(23(15)25)18-7-11-22(30(33)37)26(21)24(17)18;1-16(2)27(30)34-14-15-35-29(32)24-13-11-22-17-6-4-8-19-23(28(31)33-3)12-10-21(25(17)19)18-7-5-9-20(24)26(18)22/h4-11H,1,12-13H2,2-3H3;4-13H,1,14-15H2,2-3H3. The zero-order chi connectivity index (χ0) is 52.0. The van der Waals surface area contributed by atoms with E-state index in [0.29, 0.717) is 44.2 Å². The van der Waals surface area contributed by atoms with Crippen LogP contribution in [-0.4, -0.2) is 97.8 Å². The molecule has 10 aromatic rings. The number of ether oxygens (including phenoxy) is 4. The summed E-state index contributed by atoms with van der Waals surface area (Å²) in [6, 6.07) is 33.4. The molecule has 12 rings (SSSR count). The predicted molar refractivity (Wildman–Crippen MR) is 280 cm³/mol. The van der Waals surface area contributed by atoms with E-state index in [1.807, 2.05) is 72.8 Å². The van der Waals surface area contributed by atoms with Crippen molar-refractivity contribution in [1.29, 1.82) is 0 Å². The molecule has 0 saturated heterocycles. The predicted octanol–water partition coefficient (Wildman–Crippen LogP) is 10.5. The third-order valence-corrected chi connectivity index (χ3v) is 14.0. The van der Waals surface area contributed by atoms with Crippen molar-refractivity contribution in [3.05, 3.63) is 167 Å². The van der Waals surface area contributed by atoms with Gasteiger partial charge in [0, 0.05) is 51.2 Å². The molecule has 0 saturated carbocycles. The molecule has 0 unspecified atom stereocenters. The molecule has 0 radical (unpaired) electrons. The van der Waals surface area contributed by atoms with Crippen LogP contribution in [0, 0.1) is 0 Å². The van der Waals surface area contributed by atoms with E-state index in [2.05, 4.69) is 13.2 Å². The summed E-state index contributed by atoms with van der Waals surface area (Å²) in [5.41, 5.74) is 3.17. The SMILES string of the molecule is C=C(C)C(=O)OCCN1C(=O)c2ccc3c4ccc5c6c(ccc(c7ccc(c2c37)C1=O)c64)C(=O)N(C)C5=O.C=C(C)C(=O)OCCOC(=O)c1ccc2c3cccc4c(C(=O)OC)ccc(c5cccc1c52)c43. The number of rotatable bonds is 10. The molecule has 4 amide bonds. The lowest BCUT2D eigenvalue weighted by molar-refractivity contribution is -0.140. The summed E-state index contributed by atoms with van der Waals surface area (Å²) in [5.74, 6) is -3.61. The van der Waals surface area contributed by atoms with Crippen molar-refractivity contribution >= 4 is 134 Å². The molecule has 0 fully saturated rings. The largest absolute Gasteiger partial charge is 0.465 e. The number of carbonyl (C=O) groups is 8. The van der Waals surface area contributed by atoms with Crippen molar-refractivity contribution in [3.63, 3.8) is 0 Å². The highest BCUT2D eigenvalue weighted by atomic mass is 16.6. The molecule has 74 heavy (non-hydrogen) atoms. The average Bonchev–Trinajstić information content (AvgIpc) is 3.42. The minimum Gasteiger partial charge on any atom is -0.465 e. The highest BCUT2D eigenvalue weighted by Crippen LogP contribution is 2.47. The maximum atomic E-state index is 13.5. The van der Waals surface area contributed by atoms with E-state index in [9.17, 15) is 38.4 Å². The summed E-state index contributed by atoms with van der Waals surface area (Å²) in [6.45, 7) is 9.82. The molecule has 0 aromatic heterocycles. The highest BCUT2D eigenvalue weighted by molar-refractivity contribution is 6.41. The van der Waals surface area contributed by atoms with Gasteiger partial charge in [-0.3, -0.25) is 29.0 Å². The Morgan fingerprint density at radius 1 is 0.419 bits per heavy atom. The summed E-state index contributed by atoms with van der Waals surface area (Å²) in [4.78, 5) is 104. The number of esters is 4. The van der Waals surface area contributed by atoms with Gasteiger partial charge in [-0.05, 0) is 126 Å². The van der Waals surface area contributed by atoms with E-state index < -0.39 is 29.7 Å². The van der Waals surface area contributed by atoms with E-state index in [-0.39, 0.29) is 55.3 Å². The number of carbonyl (C=O) groups excluding carboxylic acids is 8. The first-order valence-corrected chi connectivity index (χ1v) is 23.5. The van der Waals surface area contributed by atoms with Crippen LogP contribution in [-0.2, 0) is 28.5 Å². The number of hydrogen-bond donors (Lipinski definition) is 0. The summed E-state index contributed by atoms with van der Waals surface area (Å²) in [7, 11) is 2.85. The van der Waals surface area contributed by atoms with Crippen LogP contribution >= 0.6 is 0 Å². The molecule has 14 nitrogen and oxygen atoms in total. The molecule has 2 aliphatic rings. The van der Waals surface area contributed by atoms with Gasteiger partial charge in [0.05, 0.1) is 24.8 Å². The maximum absolute atomic E-state index is 13.5. The monoisotopic (exact) mass is 982 g/mol. The fourth-order valence-corrected chi connectivity index (χ4v) is 10.6. The minimum absolute atomic E-state index is 0.0450. The van der Waals surface area contributed by atoms with Crippen LogP contribution < -0.4 is 0 Å². The van der Waals surface area contributed by atoms with Crippen molar-refractivity contribution in [3.8, 4) is 0 Å². The molecule has 2 heterocycles. The fourth-order valence-electron chi connectivity index (χ4n) is 10.6. The molecule has 0 spiro atoms. The zero-order valence-corrected chi connectivity index (χ0v) is 40.4. The van der Waals surface area contributed by atoms with Crippen molar-refractivity contribution in [1.82, 2.24) is 9.80 Å². The number of amides is 4. The third kappa shape index (κ3) is 7.00. The van der Waals surface area contributed by atoms with Gasteiger partial charge in [-0.25, -0.2) is 19.2 Å². The van der Waals surface area contributed by atoms with Gasteiger partial charge in [0.25, 0.3) is 23.6 Å². The van der Waals surface area contributed by atoms with E-state index in [1.54, 1.807) is 43.3 Å². The Bertz CT molecular complexity index is 4100. The molecule has 0 N–H and O–H groups in total. The summed E-state index contributed by atoms with van der Waals surface area (Å²) in [6.07, 6.45) is 0. The summed E-state index contributed by atoms with van der Waals surface area (Å²) < 4.78 is 20.5. The number of methoxy groups -OCH3 is 1. The van der Waals surface area contributed by atoms with Crippen molar-refractivity contribution in [2.45, 2.75) is 13.8 Å². The number of benzene rings is 10. The molecule has 10 aromatic carbocycles. The lowest BCUT2D eigenvalue weighted by atomic mass is 9.82. The summed E-state index contributed by atoms with van der Waals surface area (Å²) in [5, 5.41) is 13.5. The maximum Gasteiger partial charge on any atom is 0.338 e. The number of nitrogens with zero attached hydrogens (tertiary/aromatic N) is 2. The van der Waals surface area contributed by atoms with Gasteiger partial charge in [0.1, 0.15) is 19.8 Å². The Balaban J connectivity index is 0.000000160.